The Morgan fingerprint density at radius 3 is 2.74 bits per heavy atom. The van der Waals surface area contributed by atoms with Crippen LogP contribution in [0, 0.1) is 5.82 Å². The van der Waals surface area contributed by atoms with Crippen LogP contribution >= 0.6 is 11.3 Å². The van der Waals surface area contributed by atoms with Crippen LogP contribution in [0.4, 0.5) is 4.39 Å². The highest BCUT2D eigenvalue weighted by molar-refractivity contribution is 7.09. The van der Waals surface area contributed by atoms with Crippen LogP contribution in [0.2, 0.25) is 0 Å². The van der Waals surface area contributed by atoms with E-state index in [1.165, 1.54) is 17.0 Å². The van der Waals surface area contributed by atoms with E-state index >= 15 is 0 Å². The van der Waals surface area contributed by atoms with Crippen molar-refractivity contribution >= 4 is 11.3 Å². The topological polar surface area (TPSA) is 42.2 Å². The molecular formula is C17H16FN3OS. The molecule has 0 saturated heterocycles. The van der Waals surface area contributed by atoms with E-state index in [1.54, 1.807) is 23.5 Å². The Bertz CT molecular complexity index is 753. The van der Waals surface area contributed by atoms with E-state index in [0.29, 0.717) is 18.3 Å². The summed E-state index contributed by atoms with van der Waals surface area (Å²) in [5.74, 6) is 0.711. The van der Waals surface area contributed by atoms with Crippen molar-refractivity contribution in [1.82, 2.24) is 15.0 Å². The third-order valence-electron chi connectivity index (χ3n) is 3.28. The van der Waals surface area contributed by atoms with Crippen molar-refractivity contribution in [3.63, 3.8) is 0 Å². The van der Waals surface area contributed by atoms with Crippen molar-refractivity contribution in [2.24, 2.45) is 0 Å². The maximum absolute atomic E-state index is 13.0. The summed E-state index contributed by atoms with van der Waals surface area (Å²) in [6.07, 6.45) is 1.85. The number of thiophene rings is 1. The molecule has 0 aliphatic rings. The number of hydrogen-bond acceptors (Lipinski definition) is 5. The minimum absolute atomic E-state index is 0.287. The summed E-state index contributed by atoms with van der Waals surface area (Å²) in [5.41, 5.74) is 0.731. The van der Waals surface area contributed by atoms with Gasteiger partial charge in [-0.05, 0) is 35.7 Å². The predicted molar refractivity (Wildman–Crippen MR) is 88.3 cm³/mol. The van der Waals surface area contributed by atoms with Gasteiger partial charge in [0.05, 0.1) is 6.54 Å². The smallest absolute Gasteiger partial charge is 0.241 e. The molecule has 23 heavy (non-hydrogen) atoms. The van der Waals surface area contributed by atoms with Gasteiger partial charge in [-0.15, -0.1) is 17.9 Å². The maximum Gasteiger partial charge on any atom is 0.241 e. The summed E-state index contributed by atoms with van der Waals surface area (Å²) in [7, 11) is 0. The summed E-state index contributed by atoms with van der Waals surface area (Å²) in [6, 6.07) is 10.2. The van der Waals surface area contributed by atoms with Gasteiger partial charge in [-0.1, -0.05) is 17.3 Å². The van der Waals surface area contributed by atoms with Crippen molar-refractivity contribution < 1.29 is 8.91 Å². The number of rotatable bonds is 7. The van der Waals surface area contributed by atoms with Crippen LogP contribution in [0.25, 0.3) is 11.4 Å². The number of nitrogens with zero attached hydrogens (tertiary/aromatic N) is 3. The monoisotopic (exact) mass is 329 g/mol. The highest BCUT2D eigenvalue weighted by Crippen LogP contribution is 2.18. The van der Waals surface area contributed by atoms with Crippen LogP contribution < -0.4 is 0 Å². The zero-order valence-electron chi connectivity index (χ0n) is 12.5. The molecule has 0 aliphatic heterocycles. The lowest BCUT2D eigenvalue weighted by Crippen LogP contribution is -2.22. The van der Waals surface area contributed by atoms with Gasteiger partial charge in [0.25, 0.3) is 0 Å². The highest BCUT2D eigenvalue weighted by Gasteiger charge is 2.13. The van der Waals surface area contributed by atoms with Gasteiger partial charge in [0.2, 0.25) is 11.7 Å². The van der Waals surface area contributed by atoms with Gasteiger partial charge in [0.15, 0.2) is 0 Å². The Balaban J connectivity index is 1.70. The van der Waals surface area contributed by atoms with Crippen LogP contribution in [0.3, 0.4) is 0 Å². The third kappa shape index (κ3) is 4.12. The second-order valence-electron chi connectivity index (χ2n) is 5.06. The Hall–Kier alpha value is -2.31. The molecule has 0 fully saturated rings. The lowest BCUT2D eigenvalue weighted by Gasteiger charge is -2.17. The molecular weight excluding hydrogens is 313 g/mol. The zero-order valence-corrected chi connectivity index (χ0v) is 13.3. The lowest BCUT2D eigenvalue weighted by atomic mass is 10.2. The summed E-state index contributed by atoms with van der Waals surface area (Å²) < 4.78 is 18.3. The largest absolute Gasteiger partial charge is 0.338 e. The van der Waals surface area contributed by atoms with Crippen LogP contribution in [0.15, 0.2) is 59.0 Å². The summed E-state index contributed by atoms with van der Waals surface area (Å²) in [5, 5.41) is 6.02. The second-order valence-corrected chi connectivity index (χ2v) is 6.09. The molecule has 0 amide bonds. The first-order valence-corrected chi connectivity index (χ1v) is 8.06. The summed E-state index contributed by atoms with van der Waals surface area (Å²) in [4.78, 5) is 7.82. The normalized spacial score (nSPS) is 11.0. The Labute approximate surface area is 137 Å². The van der Waals surface area contributed by atoms with E-state index < -0.39 is 0 Å². The highest BCUT2D eigenvalue weighted by atomic mass is 32.1. The third-order valence-corrected chi connectivity index (χ3v) is 4.14. The van der Waals surface area contributed by atoms with E-state index in [1.807, 2.05) is 12.1 Å². The Kier molecular flexibility index (Phi) is 4.95. The van der Waals surface area contributed by atoms with Gasteiger partial charge in [-0.25, -0.2) is 4.39 Å². The van der Waals surface area contributed by atoms with E-state index in [4.69, 9.17) is 4.52 Å². The minimum atomic E-state index is -0.287. The molecule has 0 saturated carbocycles. The van der Waals surface area contributed by atoms with Crippen LogP contribution in [-0.4, -0.2) is 21.6 Å². The molecule has 0 spiro atoms. The first-order valence-electron chi connectivity index (χ1n) is 7.19. The fourth-order valence-corrected chi connectivity index (χ4v) is 2.96. The van der Waals surface area contributed by atoms with Crippen molar-refractivity contribution in [3.8, 4) is 11.4 Å². The number of hydrogen-bond donors (Lipinski definition) is 0. The molecule has 118 valence electrons. The first-order chi connectivity index (χ1) is 11.2. The summed E-state index contributed by atoms with van der Waals surface area (Å²) in [6.45, 7) is 5.86. The van der Waals surface area contributed by atoms with E-state index in [-0.39, 0.29) is 5.82 Å². The van der Waals surface area contributed by atoms with Gasteiger partial charge < -0.3 is 4.52 Å². The lowest BCUT2D eigenvalue weighted by molar-refractivity contribution is 0.241. The second kappa shape index (κ2) is 7.30. The Morgan fingerprint density at radius 1 is 1.22 bits per heavy atom. The van der Waals surface area contributed by atoms with Crippen molar-refractivity contribution in [2.75, 3.05) is 6.54 Å². The van der Waals surface area contributed by atoms with Crippen LogP contribution in [0.5, 0.6) is 0 Å². The fourth-order valence-electron chi connectivity index (χ4n) is 2.22. The maximum atomic E-state index is 13.0. The molecule has 0 radical (unpaired) electrons. The summed E-state index contributed by atoms with van der Waals surface area (Å²) >= 11 is 1.71. The molecule has 6 heteroatoms. The molecule has 3 aromatic rings. The predicted octanol–water partition coefficient (Wildman–Crippen LogP) is 4.13. The Morgan fingerprint density at radius 2 is 2.04 bits per heavy atom. The molecule has 2 heterocycles. The quantitative estimate of drug-likeness (QED) is 0.611. The molecule has 0 N–H and O–H groups in total. The van der Waals surface area contributed by atoms with Crippen LogP contribution in [0.1, 0.15) is 10.8 Å². The molecule has 3 rings (SSSR count). The van der Waals surface area contributed by atoms with E-state index in [2.05, 4.69) is 33.1 Å². The number of aromatic nitrogens is 2. The van der Waals surface area contributed by atoms with Crippen molar-refractivity contribution in [2.45, 2.75) is 13.1 Å². The average Bonchev–Trinajstić information content (AvgIpc) is 3.20. The zero-order chi connectivity index (χ0) is 16.1. The van der Waals surface area contributed by atoms with Gasteiger partial charge in [-0.2, -0.15) is 4.98 Å². The van der Waals surface area contributed by atoms with Crippen molar-refractivity contribution in [1.29, 1.82) is 0 Å². The molecule has 4 nitrogen and oxygen atoms in total. The molecule has 0 bridgehead atoms. The van der Waals surface area contributed by atoms with Gasteiger partial charge in [0, 0.05) is 23.5 Å². The average molecular weight is 329 g/mol. The molecule has 0 aliphatic carbocycles. The van der Waals surface area contributed by atoms with E-state index in [9.17, 15) is 4.39 Å². The standard InChI is InChI=1S/C17H16FN3OS/c1-2-9-21(11-15-4-3-10-23-15)12-16-19-17(20-22-16)13-5-7-14(18)8-6-13/h2-8,10H,1,9,11-12H2. The van der Waals surface area contributed by atoms with Crippen molar-refractivity contribution in [3.05, 3.63) is 71.0 Å². The van der Waals surface area contributed by atoms with Crippen LogP contribution in [-0.2, 0) is 13.1 Å². The fraction of sp³-hybridized carbons (Fsp3) is 0.176. The molecule has 1 aromatic carbocycles. The molecule has 2 aromatic heterocycles. The minimum Gasteiger partial charge on any atom is -0.338 e. The van der Waals surface area contributed by atoms with Gasteiger partial charge in [-0.3, -0.25) is 4.90 Å². The van der Waals surface area contributed by atoms with Gasteiger partial charge >= 0.3 is 0 Å². The SMILES string of the molecule is C=CCN(Cc1nc(-c2ccc(F)cc2)no1)Cc1cccs1. The van der Waals surface area contributed by atoms with Gasteiger partial charge in [0.1, 0.15) is 5.82 Å². The molecule has 0 atom stereocenters. The number of halogens is 1. The van der Waals surface area contributed by atoms with E-state index in [0.717, 1.165) is 18.7 Å². The number of benzene rings is 1. The first kappa shape index (κ1) is 15.6. The molecule has 0 unspecified atom stereocenters.